The third kappa shape index (κ3) is 1.87. The second-order valence-electron chi connectivity index (χ2n) is 5.85. The quantitative estimate of drug-likeness (QED) is 0.829. The van der Waals surface area contributed by atoms with Gasteiger partial charge in [0.05, 0.1) is 7.11 Å². The van der Waals surface area contributed by atoms with E-state index in [-0.39, 0.29) is 11.6 Å². The minimum absolute atomic E-state index is 0.0135. The number of rotatable bonds is 1. The van der Waals surface area contributed by atoms with E-state index >= 15 is 0 Å². The van der Waals surface area contributed by atoms with Gasteiger partial charge in [0.15, 0.2) is 0 Å². The van der Waals surface area contributed by atoms with Crippen molar-refractivity contribution in [3.8, 4) is 11.5 Å². The molecule has 2 aliphatic rings. The maximum atomic E-state index is 6.33. The van der Waals surface area contributed by atoms with Crippen LogP contribution in [0.25, 0.3) is 0 Å². The van der Waals surface area contributed by atoms with E-state index in [0.717, 1.165) is 42.2 Å². The molecule has 3 unspecified atom stereocenters. The van der Waals surface area contributed by atoms with Gasteiger partial charge < -0.3 is 15.2 Å². The van der Waals surface area contributed by atoms with Crippen molar-refractivity contribution in [2.75, 3.05) is 7.11 Å². The number of benzene rings is 1. The summed E-state index contributed by atoms with van der Waals surface area (Å²) in [6.45, 7) is 2.30. The van der Waals surface area contributed by atoms with E-state index < -0.39 is 0 Å². The fourth-order valence-electron chi connectivity index (χ4n) is 3.45. The zero-order valence-corrected chi connectivity index (χ0v) is 11.1. The summed E-state index contributed by atoms with van der Waals surface area (Å²) in [4.78, 5) is 0. The first kappa shape index (κ1) is 11.8. The van der Waals surface area contributed by atoms with Crippen molar-refractivity contribution in [1.29, 1.82) is 0 Å². The number of ether oxygens (including phenoxy) is 2. The van der Waals surface area contributed by atoms with E-state index in [1.807, 2.05) is 18.2 Å². The van der Waals surface area contributed by atoms with Gasteiger partial charge in [-0.25, -0.2) is 0 Å². The Morgan fingerprint density at radius 1 is 1.39 bits per heavy atom. The van der Waals surface area contributed by atoms with Crippen molar-refractivity contribution >= 4 is 0 Å². The smallest absolute Gasteiger partial charge is 0.125 e. The predicted octanol–water partition coefficient (Wildman–Crippen LogP) is 3.04. The summed E-state index contributed by atoms with van der Waals surface area (Å²) >= 11 is 0. The van der Waals surface area contributed by atoms with Gasteiger partial charge in [-0.3, -0.25) is 0 Å². The van der Waals surface area contributed by atoms with Crippen molar-refractivity contribution in [2.45, 2.75) is 44.2 Å². The van der Waals surface area contributed by atoms with E-state index in [9.17, 15) is 0 Å². The molecule has 0 saturated heterocycles. The molecule has 3 atom stereocenters. The second-order valence-corrected chi connectivity index (χ2v) is 5.85. The zero-order valence-electron chi connectivity index (χ0n) is 11.1. The Bertz CT molecular complexity index is 460. The molecule has 1 spiro atoms. The standard InChI is InChI=1S/C15H21NO2/c1-10-5-6-15(8-10)9-13(16)12-7-11(17-2)3-4-14(12)18-15/h3-4,7,10,13H,5-6,8-9,16H2,1-2H3. The van der Waals surface area contributed by atoms with Crippen molar-refractivity contribution < 1.29 is 9.47 Å². The lowest BCUT2D eigenvalue weighted by atomic mass is 9.86. The second kappa shape index (κ2) is 4.16. The van der Waals surface area contributed by atoms with Crippen LogP contribution in [-0.2, 0) is 0 Å². The molecule has 1 aliphatic heterocycles. The number of hydrogen-bond donors (Lipinski definition) is 1. The zero-order chi connectivity index (χ0) is 12.8. The summed E-state index contributed by atoms with van der Waals surface area (Å²) in [6.07, 6.45) is 4.44. The Morgan fingerprint density at radius 2 is 2.22 bits per heavy atom. The third-order valence-electron chi connectivity index (χ3n) is 4.35. The lowest BCUT2D eigenvalue weighted by Crippen LogP contribution is -2.40. The van der Waals surface area contributed by atoms with Crippen LogP contribution in [0.2, 0.25) is 0 Å². The van der Waals surface area contributed by atoms with Crippen LogP contribution in [0, 0.1) is 5.92 Å². The Labute approximate surface area is 108 Å². The minimum Gasteiger partial charge on any atom is -0.497 e. The molecule has 1 fully saturated rings. The van der Waals surface area contributed by atoms with Gasteiger partial charge in [0.1, 0.15) is 17.1 Å². The molecule has 1 aliphatic carbocycles. The Hall–Kier alpha value is -1.22. The first-order valence-corrected chi connectivity index (χ1v) is 6.74. The number of hydrogen-bond acceptors (Lipinski definition) is 3. The van der Waals surface area contributed by atoms with Crippen LogP contribution in [-0.4, -0.2) is 12.7 Å². The molecule has 2 N–H and O–H groups in total. The van der Waals surface area contributed by atoms with Crippen LogP contribution in [0.1, 0.15) is 44.2 Å². The van der Waals surface area contributed by atoms with Gasteiger partial charge in [0.2, 0.25) is 0 Å². The molecule has 98 valence electrons. The van der Waals surface area contributed by atoms with E-state index in [2.05, 4.69) is 6.92 Å². The highest BCUT2D eigenvalue weighted by Gasteiger charge is 2.44. The highest BCUT2D eigenvalue weighted by atomic mass is 16.5. The van der Waals surface area contributed by atoms with Crippen molar-refractivity contribution in [3.63, 3.8) is 0 Å². The minimum atomic E-state index is -0.0135. The van der Waals surface area contributed by atoms with Gasteiger partial charge in [0, 0.05) is 18.0 Å². The van der Waals surface area contributed by atoms with E-state index in [1.165, 1.54) is 6.42 Å². The normalized spacial score (nSPS) is 34.2. The van der Waals surface area contributed by atoms with Crippen molar-refractivity contribution in [3.05, 3.63) is 23.8 Å². The molecule has 0 aromatic heterocycles. The molecule has 18 heavy (non-hydrogen) atoms. The number of methoxy groups -OCH3 is 1. The van der Waals surface area contributed by atoms with Crippen LogP contribution < -0.4 is 15.2 Å². The topological polar surface area (TPSA) is 44.5 Å². The maximum absolute atomic E-state index is 6.33. The van der Waals surface area contributed by atoms with Crippen LogP contribution in [0.3, 0.4) is 0 Å². The summed E-state index contributed by atoms with van der Waals surface area (Å²) < 4.78 is 11.5. The summed E-state index contributed by atoms with van der Waals surface area (Å²) in [5.41, 5.74) is 7.40. The molecule has 3 heteroatoms. The van der Waals surface area contributed by atoms with Gasteiger partial charge in [-0.2, -0.15) is 0 Å². The Morgan fingerprint density at radius 3 is 2.89 bits per heavy atom. The summed E-state index contributed by atoms with van der Waals surface area (Å²) in [5.74, 6) is 2.55. The van der Waals surface area contributed by atoms with Gasteiger partial charge in [-0.1, -0.05) is 6.92 Å². The highest BCUT2D eigenvalue weighted by molar-refractivity contribution is 5.44. The SMILES string of the molecule is COc1ccc2c(c1)C(N)CC1(CCC(C)C1)O2. The maximum Gasteiger partial charge on any atom is 0.125 e. The summed E-state index contributed by atoms with van der Waals surface area (Å²) in [7, 11) is 1.68. The molecule has 0 amide bonds. The van der Waals surface area contributed by atoms with Gasteiger partial charge in [-0.05, 0) is 43.4 Å². The molecular formula is C15H21NO2. The summed E-state index contributed by atoms with van der Waals surface area (Å²) in [5, 5.41) is 0. The Kier molecular flexibility index (Phi) is 2.74. The first-order valence-electron chi connectivity index (χ1n) is 6.74. The van der Waals surface area contributed by atoms with Crippen LogP contribution >= 0.6 is 0 Å². The Balaban J connectivity index is 1.93. The monoisotopic (exact) mass is 247 g/mol. The van der Waals surface area contributed by atoms with E-state index in [0.29, 0.717) is 0 Å². The average molecular weight is 247 g/mol. The highest BCUT2D eigenvalue weighted by Crippen LogP contribution is 2.48. The van der Waals surface area contributed by atoms with Gasteiger partial charge >= 0.3 is 0 Å². The molecule has 3 nitrogen and oxygen atoms in total. The first-order chi connectivity index (χ1) is 8.62. The largest absolute Gasteiger partial charge is 0.497 e. The molecule has 0 radical (unpaired) electrons. The fourth-order valence-corrected chi connectivity index (χ4v) is 3.45. The lowest BCUT2D eigenvalue weighted by Gasteiger charge is -2.39. The van der Waals surface area contributed by atoms with Gasteiger partial charge in [-0.15, -0.1) is 0 Å². The lowest BCUT2D eigenvalue weighted by molar-refractivity contribution is 0.0392. The predicted molar refractivity (Wildman–Crippen MR) is 70.9 cm³/mol. The van der Waals surface area contributed by atoms with Crippen LogP contribution in [0.4, 0.5) is 0 Å². The molecule has 1 heterocycles. The molecule has 3 rings (SSSR count). The van der Waals surface area contributed by atoms with Crippen molar-refractivity contribution in [1.82, 2.24) is 0 Å². The van der Waals surface area contributed by atoms with E-state index in [1.54, 1.807) is 7.11 Å². The number of fused-ring (bicyclic) bond motifs is 1. The third-order valence-corrected chi connectivity index (χ3v) is 4.35. The van der Waals surface area contributed by atoms with Crippen LogP contribution in [0.15, 0.2) is 18.2 Å². The molecule has 0 bridgehead atoms. The number of nitrogens with two attached hydrogens (primary N) is 1. The average Bonchev–Trinajstić information content (AvgIpc) is 2.70. The van der Waals surface area contributed by atoms with E-state index in [4.69, 9.17) is 15.2 Å². The molecule has 1 aromatic rings. The molecular weight excluding hydrogens is 226 g/mol. The fraction of sp³-hybridized carbons (Fsp3) is 0.600. The molecule has 1 aromatic carbocycles. The molecule has 1 saturated carbocycles. The van der Waals surface area contributed by atoms with Crippen molar-refractivity contribution in [2.24, 2.45) is 11.7 Å². The summed E-state index contributed by atoms with van der Waals surface area (Å²) in [6, 6.07) is 6.01. The van der Waals surface area contributed by atoms with Gasteiger partial charge in [0.25, 0.3) is 0 Å². The van der Waals surface area contributed by atoms with Crippen LogP contribution in [0.5, 0.6) is 11.5 Å².